The Kier molecular flexibility index (Phi) is 4.57. The van der Waals surface area contributed by atoms with Gasteiger partial charge in [0.25, 0.3) is 0 Å². The summed E-state index contributed by atoms with van der Waals surface area (Å²) in [6.07, 6.45) is 0.398. The molecule has 1 atom stereocenters. The Morgan fingerprint density at radius 3 is 2.53 bits per heavy atom. The molecule has 2 rings (SSSR count). The van der Waals surface area contributed by atoms with E-state index in [4.69, 9.17) is 23.2 Å². The molecule has 4 heteroatoms. The maximum Gasteiger partial charge on any atom is 0.0920 e. The molecule has 0 saturated heterocycles. The lowest BCUT2D eigenvalue weighted by Crippen LogP contribution is -2.25. The Bertz CT molecular complexity index is 596. The van der Waals surface area contributed by atoms with Crippen LogP contribution in [0, 0.1) is 0 Å². The molecule has 0 heterocycles. The zero-order valence-corrected chi connectivity index (χ0v) is 13.4. The van der Waals surface area contributed by atoms with E-state index >= 15 is 0 Å². The number of benzene rings is 2. The summed E-state index contributed by atoms with van der Waals surface area (Å²) < 4.78 is 0.873. The number of rotatable bonds is 3. The van der Waals surface area contributed by atoms with Gasteiger partial charge >= 0.3 is 0 Å². The number of halogens is 3. The summed E-state index contributed by atoms with van der Waals surface area (Å²) in [6.45, 7) is 1.77. The van der Waals surface area contributed by atoms with Gasteiger partial charge in [-0.15, -0.1) is 0 Å². The number of hydrogen-bond donors (Lipinski definition) is 1. The van der Waals surface area contributed by atoms with Crippen molar-refractivity contribution in [3.8, 4) is 0 Å². The Labute approximate surface area is 131 Å². The van der Waals surface area contributed by atoms with Gasteiger partial charge < -0.3 is 5.11 Å². The van der Waals surface area contributed by atoms with E-state index < -0.39 is 5.60 Å². The topological polar surface area (TPSA) is 20.2 Å². The quantitative estimate of drug-likeness (QED) is 0.797. The Hall–Kier alpha value is -0.540. The van der Waals surface area contributed by atoms with Crippen molar-refractivity contribution in [2.75, 3.05) is 0 Å². The average Bonchev–Trinajstić information content (AvgIpc) is 2.34. The normalized spacial score (nSPS) is 14.2. The van der Waals surface area contributed by atoms with Crippen molar-refractivity contribution in [2.24, 2.45) is 0 Å². The fourth-order valence-electron chi connectivity index (χ4n) is 2.04. The molecule has 0 saturated carbocycles. The molecule has 19 heavy (non-hydrogen) atoms. The van der Waals surface area contributed by atoms with Gasteiger partial charge in [-0.3, -0.25) is 0 Å². The first kappa shape index (κ1) is 14.9. The van der Waals surface area contributed by atoms with Gasteiger partial charge in [0.05, 0.1) is 5.60 Å². The van der Waals surface area contributed by atoms with Gasteiger partial charge in [0.1, 0.15) is 0 Å². The summed E-state index contributed by atoms with van der Waals surface area (Å²) in [5.74, 6) is 0. The Morgan fingerprint density at radius 2 is 1.84 bits per heavy atom. The summed E-state index contributed by atoms with van der Waals surface area (Å²) in [4.78, 5) is 0. The standard InChI is InChI=1S/C15H13BrCl2O/c1-15(19,12-4-2-3-5-13(12)16)9-10-8-11(17)6-7-14(10)18/h2-8,19H,9H2,1H3. The first-order valence-electron chi connectivity index (χ1n) is 5.81. The van der Waals surface area contributed by atoms with Crippen molar-refractivity contribution < 1.29 is 5.11 Å². The maximum atomic E-state index is 10.7. The van der Waals surface area contributed by atoms with Crippen LogP contribution in [-0.4, -0.2) is 5.11 Å². The molecule has 0 bridgehead atoms. The third-order valence-corrected chi connectivity index (χ3v) is 4.29. The first-order valence-corrected chi connectivity index (χ1v) is 7.36. The van der Waals surface area contributed by atoms with E-state index in [0.717, 1.165) is 15.6 Å². The van der Waals surface area contributed by atoms with Gasteiger partial charge in [-0.25, -0.2) is 0 Å². The SMILES string of the molecule is CC(O)(Cc1cc(Cl)ccc1Cl)c1ccccc1Br. The molecule has 2 aromatic carbocycles. The predicted molar refractivity (Wildman–Crippen MR) is 83.9 cm³/mol. The highest BCUT2D eigenvalue weighted by molar-refractivity contribution is 9.10. The molecule has 1 nitrogen and oxygen atoms in total. The summed E-state index contributed by atoms with van der Waals surface area (Å²) in [6, 6.07) is 12.9. The van der Waals surface area contributed by atoms with Crippen LogP contribution in [0.4, 0.5) is 0 Å². The third kappa shape index (κ3) is 3.51. The molecule has 0 spiro atoms. The average molecular weight is 360 g/mol. The number of hydrogen-bond acceptors (Lipinski definition) is 1. The second-order valence-corrected chi connectivity index (χ2v) is 6.36. The highest BCUT2D eigenvalue weighted by atomic mass is 79.9. The van der Waals surface area contributed by atoms with Gasteiger partial charge in [0, 0.05) is 20.9 Å². The largest absolute Gasteiger partial charge is 0.385 e. The zero-order chi connectivity index (χ0) is 14.0. The van der Waals surface area contributed by atoms with E-state index in [-0.39, 0.29) is 0 Å². The molecule has 2 aromatic rings. The fraction of sp³-hybridized carbons (Fsp3) is 0.200. The molecule has 0 aliphatic heterocycles. The fourth-order valence-corrected chi connectivity index (χ4v) is 3.13. The lowest BCUT2D eigenvalue weighted by Gasteiger charge is -2.25. The van der Waals surface area contributed by atoms with Crippen molar-refractivity contribution in [3.63, 3.8) is 0 Å². The van der Waals surface area contributed by atoms with Crippen molar-refractivity contribution >= 4 is 39.1 Å². The maximum absolute atomic E-state index is 10.7. The van der Waals surface area contributed by atoms with Crippen LogP contribution < -0.4 is 0 Å². The van der Waals surface area contributed by atoms with Crippen LogP contribution in [0.25, 0.3) is 0 Å². The molecule has 0 aliphatic rings. The summed E-state index contributed by atoms with van der Waals surface area (Å²) in [7, 11) is 0. The van der Waals surface area contributed by atoms with Crippen molar-refractivity contribution in [1.82, 2.24) is 0 Å². The second-order valence-electron chi connectivity index (χ2n) is 4.67. The van der Waals surface area contributed by atoms with E-state index in [1.54, 1.807) is 25.1 Å². The minimum atomic E-state index is -1.02. The van der Waals surface area contributed by atoms with Crippen LogP contribution in [0.15, 0.2) is 46.9 Å². The molecular formula is C15H13BrCl2O. The molecular weight excluding hydrogens is 347 g/mol. The number of aliphatic hydroxyl groups is 1. The molecule has 0 aromatic heterocycles. The van der Waals surface area contributed by atoms with Crippen LogP contribution in [-0.2, 0) is 12.0 Å². The van der Waals surface area contributed by atoms with Crippen LogP contribution in [0.1, 0.15) is 18.1 Å². The van der Waals surface area contributed by atoms with Gasteiger partial charge in [0.15, 0.2) is 0 Å². The van der Waals surface area contributed by atoms with E-state index in [9.17, 15) is 5.11 Å². The molecule has 1 unspecified atom stereocenters. The van der Waals surface area contributed by atoms with E-state index in [1.807, 2.05) is 24.3 Å². The van der Waals surface area contributed by atoms with E-state index in [2.05, 4.69) is 15.9 Å². The zero-order valence-electron chi connectivity index (χ0n) is 10.3. The highest BCUT2D eigenvalue weighted by Gasteiger charge is 2.26. The van der Waals surface area contributed by atoms with Crippen LogP contribution in [0.5, 0.6) is 0 Å². The summed E-state index contributed by atoms with van der Waals surface area (Å²) in [5.41, 5.74) is 0.634. The first-order chi connectivity index (χ1) is 8.90. The molecule has 1 N–H and O–H groups in total. The van der Waals surface area contributed by atoms with E-state index in [1.165, 1.54) is 0 Å². The van der Waals surface area contributed by atoms with Crippen LogP contribution in [0.2, 0.25) is 10.0 Å². The molecule has 0 amide bonds. The highest BCUT2D eigenvalue weighted by Crippen LogP contribution is 2.33. The van der Waals surface area contributed by atoms with Crippen LogP contribution in [0.3, 0.4) is 0 Å². The monoisotopic (exact) mass is 358 g/mol. The molecule has 0 fully saturated rings. The van der Waals surface area contributed by atoms with Crippen molar-refractivity contribution in [1.29, 1.82) is 0 Å². The minimum absolute atomic E-state index is 0.398. The van der Waals surface area contributed by atoms with Gasteiger partial charge in [-0.1, -0.05) is 57.3 Å². The minimum Gasteiger partial charge on any atom is -0.385 e. The van der Waals surface area contributed by atoms with Gasteiger partial charge in [-0.05, 0) is 42.3 Å². The predicted octanol–water partition coefficient (Wildman–Crippen LogP) is 5.21. The lowest BCUT2D eigenvalue weighted by molar-refractivity contribution is 0.0569. The molecule has 0 aliphatic carbocycles. The smallest absolute Gasteiger partial charge is 0.0920 e. The summed E-state index contributed by atoms with van der Waals surface area (Å²) >= 11 is 15.6. The second kappa shape index (κ2) is 5.84. The van der Waals surface area contributed by atoms with Gasteiger partial charge in [-0.2, -0.15) is 0 Å². The summed E-state index contributed by atoms with van der Waals surface area (Å²) in [5, 5.41) is 11.9. The molecule has 0 radical (unpaired) electrons. The Morgan fingerprint density at radius 1 is 1.16 bits per heavy atom. The Balaban J connectivity index is 2.36. The van der Waals surface area contributed by atoms with Crippen molar-refractivity contribution in [2.45, 2.75) is 18.9 Å². The lowest BCUT2D eigenvalue weighted by atomic mass is 9.89. The van der Waals surface area contributed by atoms with Gasteiger partial charge in [0.2, 0.25) is 0 Å². The third-order valence-electron chi connectivity index (χ3n) is 3.00. The van der Waals surface area contributed by atoms with Crippen molar-refractivity contribution in [3.05, 3.63) is 68.1 Å². The van der Waals surface area contributed by atoms with Crippen LogP contribution >= 0.6 is 39.1 Å². The van der Waals surface area contributed by atoms with E-state index in [0.29, 0.717) is 16.5 Å². The molecule has 100 valence electrons.